The van der Waals surface area contributed by atoms with Crippen LogP contribution >= 0.6 is 0 Å². The summed E-state index contributed by atoms with van der Waals surface area (Å²) in [5.41, 5.74) is 0. The Morgan fingerprint density at radius 2 is 1.75 bits per heavy atom. The van der Waals surface area contributed by atoms with Crippen LogP contribution in [0.15, 0.2) is 0 Å². The molecule has 2 bridgehead atoms. The van der Waals surface area contributed by atoms with Gasteiger partial charge < -0.3 is 10.2 Å². The molecule has 20 heavy (non-hydrogen) atoms. The van der Waals surface area contributed by atoms with E-state index >= 15 is 0 Å². The normalized spacial score (nSPS) is 38.8. The molecule has 114 valence electrons. The summed E-state index contributed by atoms with van der Waals surface area (Å²) in [4.78, 5) is 17.2. The summed E-state index contributed by atoms with van der Waals surface area (Å²) in [6.45, 7) is 7.17. The van der Waals surface area contributed by atoms with Gasteiger partial charge >= 0.3 is 0 Å². The summed E-state index contributed by atoms with van der Waals surface area (Å²) in [6, 6.07) is 2.17. The molecule has 0 radical (unpaired) electrons. The molecule has 4 heteroatoms. The molecule has 3 aliphatic rings. The topological polar surface area (TPSA) is 35.6 Å². The molecule has 0 saturated carbocycles. The molecule has 0 spiro atoms. The van der Waals surface area contributed by atoms with Crippen LogP contribution in [0.5, 0.6) is 0 Å². The van der Waals surface area contributed by atoms with Crippen LogP contribution in [0.4, 0.5) is 0 Å². The monoisotopic (exact) mass is 279 g/mol. The molecule has 3 saturated heterocycles. The first-order valence-electron chi connectivity index (χ1n) is 8.43. The smallest absolute Gasteiger partial charge is 0.237 e. The number of carbonyl (C=O) groups is 1. The maximum atomic E-state index is 12.7. The van der Waals surface area contributed by atoms with E-state index in [1.54, 1.807) is 0 Å². The van der Waals surface area contributed by atoms with Gasteiger partial charge in [0.05, 0.1) is 6.54 Å². The molecule has 3 aliphatic heterocycles. The van der Waals surface area contributed by atoms with Crippen molar-refractivity contribution in [3.63, 3.8) is 0 Å². The van der Waals surface area contributed by atoms with Gasteiger partial charge in [0.2, 0.25) is 5.91 Å². The van der Waals surface area contributed by atoms with Crippen LogP contribution in [0.25, 0.3) is 0 Å². The van der Waals surface area contributed by atoms with E-state index in [2.05, 4.69) is 29.0 Å². The van der Waals surface area contributed by atoms with Gasteiger partial charge in [0, 0.05) is 37.3 Å². The van der Waals surface area contributed by atoms with Crippen molar-refractivity contribution in [1.29, 1.82) is 0 Å². The number of nitrogens with zero attached hydrogens (tertiary/aromatic N) is 2. The number of hydrogen-bond acceptors (Lipinski definition) is 3. The zero-order chi connectivity index (χ0) is 14.1. The van der Waals surface area contributed by atoms with Gasteiger partial charge in [0.25, 0.3) is 0 Å². The third-order valence-corrected chi connectivity index (χ3v) is 5.45. The Bertz CT molecular complexity index is 350. The van der Waals surface area contributed by atoms with Crippen molar-refractivity contribution in [1.82, 2.24) is 15.1 Å². The second kappa shape index (κ2) is 6.02. The molecule has 0 aromatic rings. The van der Waals surface area contributed by atoms with E-state index in [1.165, 1.54) is 38.5 Å². The van der Waals surface area contributed by atoms with Crippen molar-refractivity contribution >= 4 is 5.91 Å². The minimum atomic E-state index is 0.350. The fourth-order valence-electron chi connectivity index (χ4n) is 4.34. The van der Waals surface area contributed by atoms with E-state index in [1.807, 2.05) is 0 Å². The largest absolute Gasteiger partial charge is 0.336 e. The highest BCUT2D eigenvalue weighted by Crippen LogP contribution is 2.24. The molecule has 1 amide bonds. The average Bonchev–Trinajstić information content (AvgIpc) is 2.72. The second-order valence-corrected chi connectivity index (χ2v) is 7.09. The first kappa shape index (κ1) is 14.3. The summed E-state index contributed by atoms with van der Waals surface area (Å²) in [5.74, 6) is 0.350. The fourth-order valence-corrected chi connectivity index (χ4v) is 4.34. The van der Waals surface area contributed by atoms with E-state index in [0.717, 1.165) is 13.1 Å². The van der Waals surface area contributed by atoms with Gasteiger partial charge in [-0.05, 0) is 52.4 Å². The molecule has 3 rings (SSSR count). The lowest BCUT2D eigenvalue weighted by atomic mass is 9.97. The maximum absolute atomic E-state index is 12.7. The van der Waals surface area contributed by atoms with Crippen LogP contribution in [-0.2, 0) is 4.79 Å². The molecular weight excluding hydrogens is 250 g/mol. The number of nitrogens with one attached hydrogen (secondary N) is 1. The van der Waals surface area contributed by atoms with E-state index in [9.17, 15) is 4.79 Å². The van der Waals surface area contributed by atoms with Crippen molar-refractivity contribution in [2.45, 2.75) is 76.5 Å². The highest BCUT2D eigenvalue weighted by atomic mass is 16.2. The van der Waals surface area contributed by atoms with Gasteiger partial charge in [0.15, 0.2) is 0 Å². The van der Waals surface area contributed by atoms with Crippen LogP contribution in [0.1, 0.15) is 52.4 Å². The molecule has 3 heterocycles. The molecule has 4 atom stereocenters. The fraction of sp³-hybridized carbons (Fsp3) is 0.938. The summed E-state index contributed by atoms with van der Waals surface area (Å²) < 4.78 is 0. The predicted molar refractivity (Wildman–Crippen MR) is 80.6 cm³/mol. The summed E-state index contributed by atoms with van der Waals surface area (Å²) in [7, 11) is 0. The molecule has 4 nitrogen and oxygen atoms in total. The van der Waals surface area contributed by atoms with E-state index < -0.39 is 0 Å². The van der Waals surface area contributed by atoms with Crippen LogP contribution in [0, 0.1) is 0 Å². The van der Waals surface area contributed by atoms with Gasteiger partial charge in [-0.15, -0.1) is 0 Å². The Morgan fingerprint density at radius 3 is 2.50 bits per heavy atom. The Kier molecular flexibility index (Phi) is 4.32. The predicted octanol–water partition coefficient (Wildman–Crippen LogP) is 1.60. The van der Waals surface area contributed by atoms with Crippen molar-refractivity contribution in [3.05, 3.63) is 0 Å². The molecule has 0 aliphatic carbocycles. The van der Waals surface area contributed by atoms with Crippen LogP contribution in [0.3, 0.4) is 0 Å². The Hall–Kier alpha value is -0.610. The number of piperidine rings is 1. The second-order valence-electron chi connectivity index (χ2n) is 7.09. The number of likely N-dealkylation sites (tertiary alicyclic amines) is 2. The number of amides is 1. The zero-order valence-electron chi connectivity index (χ0n) is 13.0. The van der Waals surface area contributed by atoms with Gasteiger partial charge in [-0.2, -0.15) is 0 Å². The van der Waals surface area contributed by atoms with Gasteiger partial charge in [-0.3, -0.25) is 9.69 Å². The summed E-state index contributed by atoms with van der Waals surface area (Å²) >= 11 is 0. The summed E-state index contributed by atoms with van der Waals surface area (Å²) in [6.07, 6.45) is 7.42. The highest BCUT2D eigenvalue weighted by molar-refractivity contribution is 5.79. The lowest BCUT2D eigenvalue weighted by Crippen LogP contribution is -2.51. The standard InChI is InChI=1S/C16H29N3O/c1-12-4-3-5-13(2)19(12)16(20)11-18-9-8-14-6-7-15(10-18)17-14/h12-15,17H,3-11H2,1-2H3. The Morgan fingerprint density at radius 1 is 1.05 bits per heavy atom. The van der Waals surface area contributed by atoms with Crippen LogP contribution < -0.4 is 5.32 Å². The van der Waals surface area contributed by atoms with Gasteiger partial charge in [0.1, 0.15) is 0 Å². The lowest BCUT2D eigenvalue weighted by molar-refractivity contribution is -0.138. The first-order chi connectivity index (χ1) is 9.63. The van der Waals surface area contributed by atoms with Gasteiger partial charge in [-0.1, -0.05) is 0 Å². The van der Waals surface area contributed by atoms with E-state index in [4.69, 9.17) is 0 Å². The van der Waals surface area contributed by atoms with Crippen molar-refractivity contribution in [2.75, 3.05) is 19.6 Å². The number of fused-ring (bicyclic) bond motifs is 2. The average molecular weight is 279 g/mol. The molecule has 0 aromatic heterocycles. The van der Waals surface area contributed by atoms with Crippen molar-refractivity contribution < 1.29 is 4.79 Å². The maximum Gasteiger partial charge on any atom is 0.237 e. The zero-order valence-corrected chi connectivity index (χ0v) is 13.0. The molecular formula is C16H29N3O. The first-order valence-corrected chi connectivity index (χ1v) is 8.43. The third-order valence-electron chi connectivity index (χ3n) is 5.45. The number of carbonyl (C=O) groups excluding carboxylic acids is 1. The van der Waals surface area contributed by atoms with Crippen molar-refractivity contribution in [2.24, 2.45) is 0 Å². The van der Waals surface area contributed by atoms with Crippen LogP contribution in [0.2, 0.25) is 0 Å². The van der Waals surface area contributed by atoms with Gasteiger partial charge in [-0.25, -0.2) is 0 Å². The third kappa shape index (κ3) is 3.01. The number of rotatable bonds is 2. The highest BCUT2D eigenvalue weighted by Gasteiger charge is 2.33. The summed E-state index contributed by atoms with van der Waals surface area (Å²) in [5, 5.41) is 3.69. The minimum absolute atomic E-state index is 0.350. The SMILES string of the molecule is CC1CCCC(C)N1C(=O)CN1CCC2CCC(C1)N2. The lowest BCUT2D eigenvalue weighted by Gasteiger charge is -2.40. The van der Waals surface area contributed by atoms with E-state index in [-0.39, 0.29) is 0 Å². The molecule has 3 fully saturated rings. The van der Waals surface area contributed by atoms with Crippen LogP contribution in [-0.4, -0.2) is 59.5 Å². The minimum Gasteiger partial charge on any atom is -0.336 e. The molecule has 1 N–H and O–H groups in total. The molecule has 4 unspecified atom stereocenters. The van der Waals surface area contributed by atoms with E-state index in [0.29, 0.717) is 36.6 Å². The number of hydrogen-bond donors (Lipinski definition) is 1. The Labute approximate surface area is 122 Å². The Balaban J connectivity index is 1.57. The molecule has 0 aromatic carbocycles. The van der Waals surface area contributed by atoms with Crippen molar-refractivity contribution in [3.8, 4) is 0 Å². The quantitative estimate of drug-likeness (QED) is 0.834.